The van der Waals surface area contributed by atoms with Crippen LogP contribution in [-0.2, 0) is 9.53 Å². The van der Waals surface area contributed by atoms with E-state index in [9.17, 15) is 9.59 Å². The van der Waals surface area contributed by atoms with Crippen molar-refractivity contribution in [2.24, 2.45) is 16.7 Å². The molecule has 0 heterocycles. The van der Waals surface area contributed by atoms with Crippen LogP contribution in [0.25, 0.3) is 5.57 Å². The zero-order chi connectivity index (χ0) is 18.2. The molecule has 2 bridgehead atoms. The smallest absolute Gasteiger partial charge is 0.414 e. The Hall–Kier alpha value is -2.10. The van der Waals surface area contributed by atoms with E-state index < -0.39 is 11.5 Å². The first-order valence-corrected chi connectivity index (χ1v) is 9.12. The van der Waals surface area contributed by atoms with Gasteiger partial charge in [0.25, 0.3) is 0 Å². The normalized spacial score (nSPS) is 27.5. The molecule has 3 rings (SSSR count). The second-order valence-corrected chi connectivity index (χ2v) is 7.80. The molecule has 0 spiro atoms. The molecule has 2 aliphatic carbocycles. The molecular formula is C21H27NO3. The number of hydrogen-bond donors (Lipinski definition) is 1. The van der Waals surface area contributed by atoms with Crippen LogP contribution in [0.4, 0.5) is 4.79 Å². The van der Waals surface area contributed by atoms with Gasteiger partial charge in [-0.05, 0) is 48.7 Å². The number of carbonyl (C=O) groups excluding carboxylic acids is 2. The number of ether oxygens (including phenoxy) is 1. The molecule has 1 unspecified atom stereocenters. The van der Waals surface area contributed by atoms with E-state index in [0.29, 0.717) is 5.92 Å². The number of amides is 2. The number of hydrogen-bond acceptors (Lipinski definition) is 3. The summed E-state index contributed by atoms with van der Waals surface area (Å²) in [6.45, 7) is 8.03. The molecule has 1 aromatic rings. The van der Waals surface area contributed by atoms with Crippen molar-refractivity contribution in [2.75, 3.05) is 0 Å². The Morgan fingerprint density at radius 3 is 2.56 bits per heavy atom. The Bertz CT molecular complexity index is 707. The van der Waals surface area contributed by atoms with E-state index in [1.807, 2.05) is 44.2 Å². The highest BCUT2D eigenvalue weighted by Gasteiger charge is 2.64. The molecule has 4 nitrogen and oxygen atoms in total. The highest BCUT2D eigenvalue weighted by atomic mass is 16.6. The molecule has 0 radical (unpaired) electrons. The van der Waals surface area contributed by atoms with Crippen LogP contribution >= 0.6 is 0 Å². The summed E-state index contributed by atoms with van der Waals surface area (Å²) < 4.78 is 5.25. The van der Waals surface area contributed by atoms with Crippen molar-refractivity contribution in [3.05, 3.63) is 42.0 Å². The lowest BCUT2D eigenvalue weighted by atomic mass is 9.64. The van der Waals surface area contributed by atoms with Crippen LogP contribution in [0, 0.1) is 16.7 Å². The monoisotopic (exact) mass is 341 g/mol. The van der Waals surface area contributed by atoms with Crippen LogP contribution in [0.15, 0.2) is 36.4 Å². The third-order valence-corrected chi connectivity index (χ3v) is 6.26. The van der Waals surface area contributed by atoms with E-state index in [4.69, 9.17) is 4.74 Å². The van der Waals surface area contributed by atoms with Crippen molar-refractivity contribution in [3.63, 3.8) is 0 Å². The van der Waals surface area contributed by atoms with E-state index >= 15 is 0 Å². The van der Waals surface area contributed by atoms with Crippen molar-refractivity contribution in [1.82, 2.24) is 5.32 Å². The summed E-state index contributed by atoms with van der Waals surface area (Å²) in [7, 11) is 0. The van der Waals surface area contributed by atoms with Gasteiger partial charge in [-0.1, -0.05) is 57.2 Å². The van der Waals surface area contributed by atoms with Crippen molar-refractivity contribution in [2.45, 2.75) is 53.1 Å². The van der Waals surface area contributed by atoms with Crippen molar-refractivity contribution in [3.8, 4) is 0 Å². The van der Waals surface area contributed by atoms with Gasteiger partial charge in [0.1, 0.15) is 6.10 Å². The fraction of sp³-hybridized carbons (Fsp3) is 0.524. The number of carbonyl (C=O) groups is 2. The summed E-state index contributed by atoms with van der Waals surface area (Å²) in [5.41, 5.74) is 1.19. The predicted molar refractivity (Wildman–Crippen MR) is 97.7 cm³/mol. The Balaban J connectivity index is 1.91. The lowest BCUT2D eigenvalue weighted by molar-refractivity contribution is -0.131. The van der Waals surface area contributed by atoms with Crippen LogP contribution in [-0.4, -0.2) is 18.1 Å². The highest BCUT2D eigenvalue weighted by molar-refractivity contribution is 6.05. The Morgan fingerprint density at radius 1 is 1.28 bits per heavy atom. The summed E-state index contributed by atoms with van der Waals surface area (Å²) in [5.74, 6) is 0.111. The number of benzene rings is 1. The van der Waals surface area contributed by atoms with Gasteiger partial charge in [0.15, 0.2) is 0 Å². The zero-order valence-electron chi connectivity index (χ0n) is 15.5. The number of allylic oxidation sites excluding steroid dienone is 1. The number of nitrogens with one attached hydrogen (secondary N) is 1. The highest BCUT2D eigenvalue weighted by Crippen LogP contribution is 2.67. The van der Waals surface area contributed by atoms with Crippen molar-refractivity contribution in [1.29, 1.82) is 0 Å². The van der Waals surface area contributed by atoms with Crippen LogP contribution < -0.4 is 5.32 Å². The third kappa shape index (κ3) is 2.68. The lowest BCUT2D eigenvalue weighted by Crippen LogP contribution is -2.49. The SMILES string of the molecule is CCC(C)OC(=O)NC(=O)[C@]12CC[C@H](C=C1c1ccccc1)C2(C)C. The van der Waals surface area contributed by atoms with Gasteiger partial charge in [-0.3, -0.25) is 10.1 Å². The molecule has 0 aromatic heterocycles. The summed E-state index contributed by atoms with van der Waals surface area (Å²) in [6, 6.07) is 10.0. The number of fused-ring (bicyclic) bond motifs is 2. The molecule has 2 amide bonds. The molecule has 4 heteroatoms. The first-order chi connectivity index (χ1) is 11.8. The van der Waals surface area contributed by atoms with Gasteiger partial charge >= 0.3 is 6.09 Å². The first kappa shape index (κ1) is 17.7. The van der Waals surface area contributed by atoms with Crippen molar-refractivity contribution >= 4 is 17.6 Å². The second-order valence-electron chi connectivity index (χ2n) is 7.80. The van der Waals surface area contributed by atoms with E-state index in [2.05, 4.69) is 25.2 Å². The van der Waals surface area contributed by atoms with E-state index in [1.165, 1.54) is 0 Å². The van der Waals surface area contributed by atoms with Gasteiger partial charge < -0.3 is 4.74 Å². The molecule has 134 valence electrons. The van der Waals surface area contributed by atoms with E-state index in [0.717, 1.165) is 30.4 Å². The average molecular weight is 341 g/mol. The van der Waals surface area contributed by atoms with Crippen LogP contribution in [0.3, 0.4) is 0 Å². The molecule has 3 atom stereocenters. The minimum atomic E-state index is -0.687. The standard InChI is InChI=1S/C21H27NO3/c1-5-14(2)25-19(24)22-18(23)21-12-11-16(20(21,3)4)13-17(21)15-9-7-6-8-10-15/h6-10,13-14,16H,5,11-12H2,1-4H3,(H,22,23,24)/t14?,16-,21+/m1/s1. The van der Waals surface area contributed by atoms with Gasteiger partial charge in [-0.15, -0.1) is 0 Å². The molecule has 2 aliphatic rings. The summed E-state index contributed by atoms with van der Waals surface area (Å²) in [6.07, 6.45) is 3.83. The Kier molecular flexibility index (Phi) is 4.48. The maximum atomic E-state index is 13.3. The number of imide groups is 1. The van der Waals surface area contributed by atoms with Crippen molar-refractivity contribution < 1.29 is 14.3 Å². The Morgan fingerprint density at radius 2 is 1.96 bits per heavy atom. The minimum Gasteiger partial charge on any atom is -0.446 e. The third-order valence-electron chi connectivity index (χ3n) is 6.26. The van der Waals surface area contributed by atoms with Crippen LogP contribution in [0.5, 0.6) is 0 Å². The maximum absolute atomic E-state index is 13.3. The molecular weight excluding hydrogens is 314 g/mol. The van der Waals surface area contributed by atoms with E-state index in [-0.39, 0.29) is 17.4 Å². The summed E-state index contributed by atoms with van der Waals surface area (Å²) >= 11 is 0. The van der Waals surface area contributed by atoms with Gasteiger partial charge in [-0.25, -0.2) is 4.79 Å². The lowest BCUT2D eigenvalue weighted by Gasteiger charge is -2.39. The maximum Gasteiger partial charge on any atom is 0.414 e. The molecule has 1 fully saturated rings. The predicted octanol–water partition coefficient (Wildman–Crippen LogP) is 4.56. The van der Waals surface area contributed by atoms with Gasteiger partial charge in [0.2, 0.25) is 5.91 Å². The van der Waals surface area contributed by atoms with Gasteiger partial charge in [0.05, 0.1) is 5.41 Å². The van der Waals surface area contributed by atoms with Crippen LogP contribution in [0.1, 0.15) is 52.5 Å². The quantitative estimate of drug-likeness (QED) is 0.873. The fourth-order valence-electron chi connectivity index (χ4n) is 4.47. The minimum absolute atomic E-state index is 0.206. The molecule has 1 aromatic carbocycles. The zero-order valence-corrected chi connectivity index (χ0v) is 15.5. The second kappa shape index (κ2) is 6.32. The molecule has 25 heavy (non-hydrogen) atoms. The topological polar surface area (TPSA) is 55.4 Å². The van der Waals surface area contributed by atoms with E-state index in [1.54, 1.807) is 0 Å². The number of rotatable bonds is 4. The first-order valence-electron chi connectivity index (χ1n) is 9.12. The fourth-order valence-corrected chi connectivity index (χ4v) is 4.47. The molecule has 0 saturated heterocycles. The molecule has 0 aliphatic heterocycles. The van der Waals surface area contributed by atoms with Gasteiger partial charge in [0, 0.05) is 0 Å². The van der Waals surface area contributed by atoms with Crippen LogP contribution in [0.2, 0.25) is 0 Å². The summed E-state index contributed by atoms with van der Waals surface area (Å²) in [4.78, 5) is 25.4. The average Bonchev–Trinajstić information content (AvgIpc) is 2.99. The summed E-state index contributed by atoms with van der Waals surface area (Å²) in [5, 5.41) is 2.52. The molecule has 1 N–H and O–H groups in total. The Labute approximate surface area is 149 Å². The number of alkyl carbamates (subject to hydrolysis) is 1. The molecule has 1 saturated carbocycles. The van der Waals surface area contributed by atoms with Gasteiger partial charge in [-0.2, -0.15) is 0 Å². The largest absolute Gasteiger partial charge is 0.446 e.